The summed E-state index contributed by atoms with van der Waals surface area (Å²) in [6.07, 6.45) is 1.69. The summed E-state index contributed by atoms with van der Waals surface area (Å²) >= 11 is 1.73. The summed E-state index contributed by atoms with van der Waals surface area (Å²) in [5.74, 6) is 0. The number of fused-ring (bicyclic) bond motifs is 1. The predicted molar refractivity (Wildman–Crippen MR) is 84.2 cm³/mol. The van der Waals surface area contributed by atoms with Crippen LogP contribution in [0, 0.1) is 0 Å². The van der Waals surface area contributed by atoms with Crippen LogP contribution in [0.1, 0.15) is 0 Å². The van der Waals surface area contributed by atoms with E-state index in [1.165, 1.54) is 3.97 Å². The minimum absolute atomic E-state index is 0.277. The van der Waals surface area contributed by atoms with Gasteiger partial charge >= 0.3 is 148 Å². The van der Waals surface area contributed by atoms with Crippen LogP contribution < -0.4 is 3.07 Å². The number of hydrogen-bond donors (Lipinski definition) is 0. The minimum atomic E-state index is -3.60. The molecule has 0 saturated carbocycles. The van der Waals surface area contributed by atoms with Gasteiger partial charge < -0.3 is 0 Å². The van der Waals surface area contributed by atoms with Gasteiger partial charge in [0, 0.05) is 0 Å². The molecule has 104 valence electrons. The van der Waals surface area contributed by atoms with Crippen molar-refractivity contribution in [2.45, 2.75) is 4.90 Å². The normalized spacial score (nSPS) is 11.5. The van der Waals surface area contributed by atoms with Gasteiger partial charge in [-0.05, 0) is 0 Å². The fraction of sp³-hybridized carbons (Fsp3) is 0. The van der Waals surface area contributed by atoms with Crippen molar-refractivity contribution in [2.24, 2.45) is 0 Å². The number of halogens is 2. The van der Waals surface area contributed by atoms with Crippen molar-refractivity contribution in [1.82, 2.24) is 3.97 Å². The summed E-state index contributed by atoms with van der Waals surface area (Å²) in [7, 11) is 2.58. The van der Waals surface area contributed by atoms with E-state index in [1.54, 1.807) is 36.5 Å². The molecule has 0 aliphatic rings. The van der Waals surface area contributed by atoms with Crippen LogP contribution in [0.3, 0.4) is 0 Å². The van der Waals surface area contributed by atoms with Gasteiger partial charge in [0.2, 0.25) is 0 Å². The van der Waals surface area contributed by atoms with E-state index in [0.29, 0.717) is 5.52 Å². The van der Waals surface area contributed by atoms with E-state index in [4.69, 9.17) is 8.25 Å². The SMILES string of the molecule is O=S(=O)(c1ccccc1)n1c[c]([Hg][Cl])c2c(Br)cccc21. The van der Waals surface area contributed by atoms with Gasteiger partial charge in [0.25, 0.3) is 0 Å². The number of hydrogen-bond acceptors (Lipinski definition) is 2. The molecule has 0 aliphatic heterocycles. The van der Waals surface area contributed by atoms with Crippen LogP contribution in [0.4, 0.5) is 0 Å². The molecule has 0 saturated heterocycles. The summed E-state index contributed by atoms with van der Waals surface area (Å²) in [5.41, 5.74) is 0.670. The Labute approximate surface area is 147 Å². The first-order valence-electron chi connectivity index (χ1n) is 6.21. The molecular weight excluding hydrogens is 562 g/mol. The zero-order valence-electron chi connectivity index (χ0n) is 10.8. The third-order valence-electron chi connectivity index (χ3n) is 3.27. The van der Waals surface area contributed by atoms with Gasteiger partial charge in [-0.2, -0.15) is 0 Å². The molecule has 0 unspecified atom stereocenters. The first-order chi connectivity index (χ1) is 10.1. The Kier molecular flexibility index (Phi) is 4.46. The number of aromatic nitrogens is 1. The molecular formula is C14H9BrClHgNO2S. The molecule has 1 heterocycles. The van der Waals surface area contributed by atoms with Gasteiger partial charge in [0.05, 0.1) is 0 Å². The molecule has 21 heavy (non-hydrogen) atoms. The first kappa shape index (κ1) is 15.5. The Balaban J connectivity index is 2.34. The van der Waals surface area contributed by atoms with Crippen LogP contribution >= 0.6 is 24.2 Å². The summed E-state index contributed by atoms with van der Waals surface area (Å²) in [5, 5.41) is 0.925. The van der Waals surface area contributed by atoms with E-state index in [-0.39, 0.29) is 4.90 Å². The van der Waals surface area contributed by atoms with Gasteiger partial charge in [0.15, 0.2) is 0 Å². The van der Waals surface area contributed by atoms with Crippen LogP contribution in [0.5, 0.6) is 0 Å². The summed E-state index contributed by atoms with van der Waals surface area (Å²) < 4.78 is 28.9. The quantitative estimate of drug-likeness (QED) is 0.452. The molecule has 0 bridgehead atoms. The van der Waals surface area contributed by atoms with E-state index in [0.717, 1.165) is 12.9 Å². The molecule has 0 spiro atoms. The summed E-state index contributed by atoms with van der Waals surface area (Å²) in [4.78, 5) is 0.277. The summed E-state index contributed by atoms with van der Waals surface area (Å²) in [6.45, 7) is 0. The molecule has 2 aromatic carbocycles. The van der Waals surface area contributed by atoms with Crippen LogP contribution in [0.25, 0.3) is 10.9 Å². The Morgan fingerprint density at radius 2 is 1.76 bits per heavy atom. The first-order valence-corrected chi connectivity index (χ1v) is 18.0. The van der Waals surface area contributed by atoms with E-state index in [2.05, 4.69) is 15.9 Å². The van der Waals surface area contributed by atoms with Crippen LogP contribution in [0.15, 0.2) is 64.1 Å². The topological polar surface area (TPSA) is 39.1 Å². The van der Waals surface area contributed by atoms with Crippen LogP contribution in [-0.4, -0.2) is 12.4 Å². The van der Waals surface area contributed by atoms with Crippen molar-refractivity contribution in [3.05, 3.63) is 59.2 Å². The van der Waals surface area contributed by atoms with Crippen molar-refractivity contribution in [2.75, 3.05) is 0 Å². The zero-order valence-corrected chi connectivity index (χ0v) is 19.5. The average Bonchev–Trinajstić information content (AvgIpc) is 2.89. The van der Waals surface area contributed by atoms with E-state index in [1.807, 2.05) is 18.2 Å². The van der Waals surface area contributed by atoms with Gasteiger partial charge in [-0.1, -0.05) is 0 Å². The van der Waals surface area contributed by atoms with E-state index < -0.39 is 33.4 Å². The predicted octanol–water partition coefficient (Wildman–Crippen LogP) is 3.50. The van der Waals surface area contributed by atoms with Crippen molar-refractivity contribution in [3.8, 4) is 0 Å². The number of rotatable bonds is 3. The molecule has 0 aliphatic carbocycles. The molecule has 0 fully saturated rings. The number of nitrogens with zero attached hydrogens (tertiary/aromatic N) is 1. The van der Waals surface area contributed by atoms with Gasteiger partial charge in [-0.3, -0.25) is 0 Å². The molecule has 0 atom stereocenters. The second-order valence-electron chi connectivity index (χ2n) is 4.54. The Hall–Kier alpha value is -0.365. The second kappa shape index (κ2) is 6.03. The van der Waals surface area contributed by atoms with Gasteiger partial charge in [0.1, 0.15) is 0 Å². The third-order valence-corrected chi connectivity index (χ3v) is 11.3. The van der Waals surface area contributed by atoms with Crippen molar-refractivity contribution in [1.29, 1.82) is 0 Å². The van der Waals surface area contributed by atoms with Crippen molar-refractivity contribution >= 4 is 48.2 Å². The molecule has 3 nitrogen and oxygen atoms in total. The zero-order chi connectivity index (χ0) is 15.0. The maximum absolute atomic E-state index is 12.8. The third kappa shape index (κ3) is 2.69. The van der Waals surface area contributed by atoms with E-state index >= 15 is 0 Å². The van der Waals surface area contributed by atoms with Gasteiger partial charge in [-0.25, -0.2) is 0 Å². The van der Waals surface area contributed by atoms with Gasteiger partial charge in [-0.15, -0.1) is 0 Å². The van der Waals surface area contributed by atoms with E-state index in [9.17, 15) is 8.42 Å². The average molecular weight is 571 g/mol. The molecule has 3 rings (SSSR count). The van der Waals surface area contributed by atoms with Crippen molar-refractivity contribution < 1.29 is 31.8 Å². The standard InChI is InChI=1S/C14H9BrNO2S.ClH.Hg/c15-13-7-4-8-14-12(13)9-10-16(14)19(17,18)11-5-2-1-3-6-11;;/h1-8,10H;1H;/q;;+1/p-1. The molecule has 1 aromatic heterocycles. The Morgan fingerprint density at radius 1 is 1.05 bits per heavy atom. The fourth-order valence-electron chi connectivity index (χ4n) is 2.30. The Bertz CT molecular complexity index is 909. The molecule has 0 radical (unpaired) electrons. The Morgan fingerprint density at radius 3 is 2.43 bits per heavy atom. The fourth-order valence-corrected chi connectivity index (χ4v) is 10.6. The maximum atomic E-state index is 12.8. The second-order valence-corrected chi connectivity index (χ2v) is 13.6. The van der Waals surface area contributed by atoms with Crippen molar-refractivity contribution in [3.63, 3.8) is 0 Å². The molecule has 3 aromatic rings. The monoisotopic (exact) mass is 571 g/mol. The molecule has 7 heteroatoms. The summed E-state index contributed by atoms with van der Waals surface area (Å²) in [6, 6.07) is 14.0. The molecule has 0 amide bonds. The van der Waals surface area contributed by atoms with Crippen LogP contribution in [-0.2, 0) is 33.4 Å². The molecule has 0 N–H and O–H groups in total. The number of benzene rings is 2. The van der Waals surface area contributed by atoms with Crippen LogP contribution in [0.2, 0.25) is 0 Å².